The molecule has 0 fully saturated rings. The number of nitrogens with zero attached hydrogens (tertiary/aromatic N) is 2. The first-order valence-electron chi connectivity index (χ1n) is 10.2. The van der Waals surface area contributed by atoms with E-state index in [2.05, 4.69) is 20.6 Å². The summed E-state index contributed by atoms with van der Waals surface area (Å²) in [6.45, 7) is 1.80. The molecule has 0 saturated carbocycles. The van der Waals surface area contributed by atoms with Gasteiger partial charge in [-0.15, -0.1) is 0 Å². The van der Waals surface area contributed by atoms with Gasteiger partial charge in [0.1, 0.15) is 11.3 Å². The Morgan fingerprint density at radius 3 is 2.48 bits per heavy atom. The zero-order valence-corrected chi connectivity index (χ0v) is 18.0. The molecule has 166 valence electrons. The topological polar surface area (TPSA) is 126 Å². The number of carbonyl (C=O) groups is 2. The standard InChI is InChI=1S/C24H21N5O4/c1-14(16-9-6-10-17(13-16)26-21(30)15-7-4-3-5-8-15)25-23(32)19-12-11-18-20(27-19)29(2)24(33)28-22(18)31/h3-14H,1-2H3,(H,25,32)(H,26,30)(H,28,31,33)/t14-/m0/s1. The molecule has 0 unspecified atom stereocenters. The maximum absolute atomic E-state index is 12.8. The smallest absolute Gasteiger partial charge is 0.329 e. The first-order valence-corrected chi connectivity index (χ1v) is 10.2. The molecule has 0 radical (unpaired) electrons. The van der Waals surface area contributed by atoms with Crippen LogP contribution in [0.1, 0.15) is 39.4 Å². The number of aromatic amines is 1. The van der Waals surface area contributed by atoms with E-state index >= 15 is 0 Å². The molecule has 1 atom stereocenters. The van der Waals surface area contributed by atoms with E-state index in [-0.39, 0.29) is 22.6 Å². The molecule has 0 saturated heterocycles. The summed E-state index contributed by atoms with van der Waals surface area (Å²) in [5.74, 6) is -0.693. The van der Waals surface area contributed by atoms with Gasteiger partial charge in [0.25, 0.3) is 17.4 Å². The first-order chi connectivity index (χ1) is 15.8. The number of anilines is 1. The molecular weight excluding hydrogens is 422 g/mol. The number of H-pyrrole nitrogens is 1. The molecule has 2 aromatic carbocycles. The highest BCUT2D eigenvalue weighted by Gasteiger charge is 2.16. The molecule has 4 aromatic rings. The number of fused-ring (bicyclic) bond motifs is 1. The molecular formula is C24H21N5O4. The predicted octanol–water partition coefficient (Wildman–Crippen LogP) is 2.37. The Morgan fingerprint density at radius 2 is 1.73 bits per heavy atom. The van der Waals surface area contributed by atoms with Crippen molar-refractivity contribution in [3.63, 3.8) is 0 Å². The van der Waals surface area contributed by atoms with Crippen LogP contribution in [0.3, 0.4) is 0 Å². The summed E-state index contributed by atoms with van der Waals surface area (Å²) in [6.07, 6.45) is 0. The Morgan fingerprint density at radius 1 is 0.970 bits per heavy atom. The Balaban J connectivity index is 1.52. The number of aromatic nitrogens is 3. The van der Waals surface area contributed by atoms with Crippen LogP contribution in [0.2, 0.25) is 0 Å². The van der Waals surface area contributed by atoms with E-state index in [1.807, 2.05) is 12.1 Å². The van der Waals surface area contributed by atoms with E-state index in [9.17, 15) is 19.2 Å². The van der Waals surface area contributed by atoms with Gasteiger partial charge in [0.15, 0.2) is 0 Å². The number of nitrogens with one attached hydrogen (secondary N) is 3. The van der Waals surface area contributed by atoms with Gasteiger partial charge in [-0.2, -0.15) is 0 Å². The van der Waals surface area contributed by atoms with Crippen molar-refractivity contribution in [3.8, 4) is 0 Å². The van der Waals surface area contributed by atoms with E-state index < -0.39 is 23.2 Å². The van der Waals surface area contributed by atoms with Gasteiger partial charge in [-0.05, 0) is 48.9 Å². The fourth-order valence-corrected chi connectivity index (χ4v) is 3.38. The Kier molecular flexibility index (Phi) is 5.86. The first kappa shape index (κ1) is 21.7. The third-order valence-corrected chi connectivity index (χ3v) is 5.22. The average Bonchev–Trinajstić information content (AvgIpc) is 2.83. The third-order valence-electron chi connectivity index (χ3n) is 5.22. The van der Waals surface area contributed by atoms with Gasteiger partial charge < -0.3 is 10.6 Å². The highest BCUT2D eigenvalue weighted by atomic mass is 16.2. The summed E-state index contributed by atoms with van der Waals surface area (Å²) in [4.78, 5) is 55.4. The number of amides is 2. The number of carbonyl (C=O) groups excluding carboxylic acids is 2. The Hall–Kier alpha value is -4.53. The van der Waals surface area contributed by atoms with Crippen molar-refractivity contribution in [2.45, 2.75) is 13.0 Å². The predicted molar refractivity (Wildman–Crippen MR) is 124 cm³/mol. The van der Waals surface area contributed by atoms with Gasteiger partial charge in [-0.1, -0.05) is 30.3 Å². The molecule has 4 rings (SSSR count). The van der Waals surface area contributed by atoms with Crippen LogP contribution in [0, 0.1) is 0 Å². The van der Waals surface area contributed by atoms with Crippen molar-refractivity contribution in [2.75, 3.05) is 5.32 Å². The zero-order chi connectivity index (χ0) is 23.5. The number of pyridine rings is 1. The average molecular weight is 443 g/mol. The second-order valence-corrected chi connectivity index (χ2v) is 7.53. The molecule has 0 aliphatic rings. The van der Waals surface area contributed by atoms with Crippen LogP contribution in [-0.4, -0.2) is 26.3 Å². The summed E-state index contributed by atoms with van der Waals surface area (Å²) in [5, 5.41) is 5.91. The van der Waals surface area contributed by atoms with Crippen molar-refractivity contribution < 1.29 is 9.59 Å². The van der Waals surface area contributed by atoms with Crippen molar-refractivity contribution in [3.05, 3.63) is 104 Å². The maximum Gasteiger partial charge on any atom is 0.329 e. The molecule has 2 amide bonds. The molecule has 33 heavy (non-hydrogen) atoms. The van der Waals surface area contributed by atoms with Crippen LogP contribution in [0.4, 0.5) is 5.69 Å². The summed E-state index contributed by atoms with van der Waals surface area (Å²) < 4.78 is 1.18. The lowest BCUT2D eigenvalue weighted by Gasteiger charge is -2.16. The molecule has 9 heteroatoms. The largest absolute Gasteiger partial charge is 0.344 e. The summed E-state index contributed by atoms with van der Waals surface area (Å²) >= 11 is 0. The van der Waals surface area contributed by atoms with Crippen LogP contribution in [0.5, 0.6) is 0 Å². The van der Waals surface area contributed by atoms with E-state index in [0.29, 0.717) is 11.3 Å². The van der Waals surface area contributed by atoms with Gasteiger partial charge in [0.2, 0.25) is 0 Å². The summed E-state index contributed by atoms with van der Waals surface area (Å²) in [6, 6.07) is 18.5. The van der Waals surface area contributed by atoms with Crippen LogP contribution in [0.25, 0.3) is 11.0 Å². The third kappa shape index (κ3) is 4.57. The minimum atomic E-state index is -0.611. The van der Waals surface area contributed by atoms with Crippen LogP contribution >= 0.6 is 0 Å². The van der Waals surface area contributed by atoms with Gasteiger partial charge in [-0.3, -0.25) is 23.9 Å². The highest BCUT2D eigenvalue weighted by molar-refractivity contribution is 6.04. The number of hydrogen-bond acceptors (Lipinski definition) is 5. The number of rotatable bonds is 5. The van der Waals surface area contributed by atoms with Gasteiger partial charge >= 0.3 is 5.69 Å². The summed E-state index contributed by atoms with van der Waals surface area (Å²) in [5.41, 5.74) is 0.938. The van der Waals surface area contributed by atoms with Crippen molar-refractivity contribution in [1.29, 1.82) is 0 Å². The second kappa shape index (κ2) is 8.91. The highest BCUT2D eigenvalue weighted by Crippen LogP contribution is 2.19. The van der Waals surface area contributed by atoms with E-state index in [0.717, 1.165) is 5.56 Å². The van der Waals surface area contributed by atoms with Crippen molar-refractivity contribution in [1.82, 2.24) is 19.9 Å². The lowest BCUT2D eigenvalue weighted by atomic mass is 10.1. The Labute approximate surface area is 188 Å². The van der Waals surface area contributed by atoms with Crippen LogP contribution in [-0.2, 0) is 7.05 Å². The molecule has 3 N–H and O–H groups in total. The van der Waals surface area contributed by atoms with Crippen molar-refractivity contribution >= 4 is 28.5 Å². The van der Waals surface area contributed by atoms with E-state index in [4.69, 9.17) is 0 Å². The summed E-state index contributed by atoms with van der Waals surface area (Å²) in [7, 11) is 1.47. The molecule has 0 bridgehead atoms. The lowest BCUT2D eigenvalue weighted by molar-refractivity contribution is 0.0934. The van der Waals surface area contributed by atoms with Gasteiger partial charge in [-0.25, -0.2) is 9.78 Å². The molecule has 2 heterocycles. The zero-order valence-electron chi connectivity index (χ0n) is 18.0. The SMILES string of the molecule is C[C@H](NC(=O)c1ccc2c(=O)[nH]c(=O)n(C)c2n1)c1cccc(NC(=O)c2ccccc2)c1. The number of hydrogen-bond donors (Lipinski definition) is 3. The monoisotopic (exact) mass is 443 g/mol. The Bertz CT molecular complexity index is 1470. The number of aryl methyl sites for hydroxylation is 1. The van der Waals surface area contributed by atoms with Crippen molar-refractivity contribution in [2.24, 2.45) is 7.05 Å². The number of benzene rings is 2. The fraction of sp³-hybridized carbons (Fsp3) is 0.125. The van der Waals surface area contributed by atoms with Crippen LogP contribution in [0.15, 0.2) is 76.3 Å². The molecule has 0 aliphatic carbocycles. The molecule has 0 spiro atoms. The van der Waals surface area contributed by atoms with E-state index in [1.54, 1.807) is 49.4 Å². The minimum Gasteiger partial charge on any atom is -0.344 e. The van der Waals surface area contributed by atoms with Crippen LogP contribution < -0.4 is 21.9 Å². The normalized spacial score (nSPS) is 11.7. The lowest BCUT2D eigenvalue weighted by Crippen LogP contribution is -2.31. The quantitative estimate of drug-likeness (QED) is 0.437. The van der Waals surface area contributed by atoms with Gasteiger partial charge in [0.05, 0.1) is 11.4 Å². The second-order valence-electron chi connectivity index (χ2n) is 7.53. The molecule has 0 aliphatic heterocycles. The van der Waals surface area contributed by atoms with E-state index in [1.165, 1.54) is 23.7 Å². The maximum atomic E-state index is 12.8. The minimum absolute atomic E-state index is 0.0727. The van der Waals surface area contributed by atoms with Gasteiger partial charge in [0, 0.05) is 18.3 Å². The molecule has 2 aromatic heterocycles. The molecule has 9 nitrogen and oxygen atoms in total. The fourth-order valence-electron chi connectivity index (χ4n) is 3.38.